The number of carbonyl (C=O) groups excluding carboxylic acids is 1. The van der Waals surface area contributed by atoms with Gasteiger partial charge in [-0.25, -0.2) is 4.39 Å². The van der Waals surface area contributed by atoms with Crippen LogP contribution in [0.3, 0.4) is 0 Å². The molecule has 0 saturated heterocycles. The van der Waals surface area contributed by atoms with Crippen LogP contribution < -0.4 is 5.32 Å². The van der Waals surface area contributed by atoms with E-state index in [2.05, 4.69) is 10.3 Å². The number of fused-ring (bicyclic) bond motifs is 1. The Morgan fingerprint density at radius 1 is 1.36 bits per heavy atom. The van der Waals surface area contributed by atoms with Crippen molar-refractivity contribution >= 4 is 30.9 Å². The molecule has 0 fully saturated rings. The third-order valence-corrected chi connectivity index (χ3v) is 4.90. The van der Waals surface area contributed by atoms with Crippen molar-refractivity contribution in [3.05, 3.63) is 35.8 Å². The number of benzene rings is 1. The number of nitrogens with one attached hydrogen (secondary N) is 2. The molecule has 0 unspecified atom stereocenters. The minimum atomic E-state index is -1.66. The molecule has 1 amide bonds. The first-order valence-electron chi connectivity index (χ1n) is 6.98. The van der Waals surface area contributed by atoms with Crippen molar-refractivity contribution in [1.82, 2.24) is 10.3 Å². The zero-order chi connectivity index (χ0) is 16.5. The summed E-state index contributed by atoms with van der Waals surface area (Å²) < 4.78 is 13.6. The summed E-state index contributed by atoms with van der Waals surface area (Å²) in [5, 5.41) is 12.3. The fraction of sp³-hybridized carbons (Fsp3) is 0.333. The molecule has 0 aliphatic heterocycles. The summed E-state index contributed by atoms with van der Waals surface area (Å²) in [6.45, 7) is 6.11. The van der Waals surface area contributed by atoms with Gasteiger partial charge in [-0.1, -0.05) is 31.8 Å². The number of carbonyl (C=O) groups is 2. The third kappa shape index (κ3) is 3.73. The van der Waals surface area contributed by atoms with Crippen LogP contribution in [0.1, 0.15) is 10.5 Å². The molecular weight excluding hydrogens is 303 g/mol. The van der Waals surface area contributed by atoms with Gasteiger partial charge in [0.15, 0.2) is 0 Å². The molecule has 2 aromatic rings. The Morgan fingerprint density at radius 3 is 2.59 bits per heavy atom. The van der Waals surface area contributed by atoms with Crippen molar-refractivity contribution < 1.29 is 19.1 Å². The van der Waals surface area contributed by atoms with E-state index in [1.807, 2.05) is 19.6 Å². The Morgan fingerprint density at radius 2 is 2.05 bits per heavy atom. The van der Waals surface area contributed by atoms with Gasteiger partial charge in [0.05, 0.1) is 5.52 Å². The number of halogens is 1. The lowest BCUT2D eigenvalue weighted by Crippen LogP contribution is -2.45. The van der Waals surface area contributed by atoms with Crippen LogP contribution in [0.25, 0.3) is 10.9 Å². The van der Waals surface area contributed by atoms with E-state index in [9.17, 15) is 19.1 Å². The van der Waals surface area contributed by atoms with Gasteiger partial charge in [0, 0.05) is 13.5 Å². The van der Waals surface area contributed by atoms with Gasteiger partial charge in [-0.2, -0.15) is 0 Å². The smallest absolute Gasteiger partial charge is 0.325 e. The topological polar surface area (TPSA) is 82.2 Å². The Labute approximate surface area is 128 Å². The Hall–Kier alpha value is -2.15. The van der Waals surface area contributed by atoms with Crippen LogP contribution >= 0.6 is 0 Å². The summed E-state index contributed by atoms with van der Waals surface area (Å²) in [5.41, 5.74) is 0.395. The fourth-order valence-electron chi connectivity index (χ4n) is 2.29. The molecule has 0 saturated carbocycles. The largest absolute Gasteiger partial charge is 0.480 e. The Balaban J connectivity index is 2.22. The molecular formula is C15H19FN2O3Si. The summed E-state index contributed by atoms with van der Waals surface area (Å²) in [4.78, 5) is 26.2. The lowest BCUT2D eigenvalue weighted by atomic mass is 10.2. The van der Waals surface area contributed by atoms with E-state index in [4.69, 9.17) is 0 Å². The van der Waals surface area contributed by atoms with E-state index >= 15 is 0 Å². The van der Waals surface area contributed by atoms with Crippen LogP contribution in [0.15, 0.2) is 24.3 Å². The molecule has 1 aromatic carbocycles. The number of aromatic nitrogens is 1. The maximum Gasteiger partial charge on any atom is 0.325 e. The van der Waals surface area contributed by atoms with Gasteiger partial charge in [0.2, 0.25) is 0 Å². The predicted octanol–water partition coefficient (Wildman–Crippen LogP) is 2.83. The molecule has 1 heterocycles. The number of aliphatic carboxylic acids is 1. The summed E-state index contributed by atoms with van der Waals surface area (Å²) in [6.07, 6.45) is 0. The first-order chi connectivity index (χ1) is 10.2. The fourth-order valence-corrected chi connectivity index (χ4v) is 3.79. The van der Waals surface area contributed by atoms with E-state index in [0.29, 0.717) is 11.4 Å². The third-order valence-electron chi connectivity index (χ3n) is 3.27. The lowest BCUT2D eigenvalue weighted by molar-refractivity contribution is -0.138. The number of rotatable bonds is 5. The molecule has 0 aliphatic rings. The van der Waals surface area contributed by atoms with Crippen LogP contribution in [0.5, 0.6) is 0 Å². The molecule has 1 atom stereocenters. The van der Waals surface area contributed by atoms with Gasteiger partial charge in [-0.3, -0.25) is 9.59 Å². The quantitative estimate of drug-likeness (QED) is 0.740. The Kier molecular flexibility index (Phi) is 4.36. The van der Waals surface area contributed by atoms with Crippen LogP contribution in [-0.2, 0) is 4.79 Å². The first kappa shape index (κ1) is 16.2. The molecule has 7 heteroatoms. The van der Waals surface area contributed by atoms with Gasteiger partial charge in [-0.15, -0.1) is 0 Å². The number of H-pyrrole nitrogens is 1. The van der Waals surface area contributed by atoms with Crippen LogP contribution in [-0.4, -0.2) is 36.1 Å². The predicted molar refractivity (Wildman–Crippen MR) is 85.3 cm³/mol. The number of carboxylic acid groups (broad SMARTS) is 1. The molecule has 0 spiro atoms. The van der Waals surface area contributed by atoms with Gasteiger partial charge >= 0.3 is 5.97 Å². The zero-order valence-electron chi connectivity index (χ0n) is 12.7. The second kappa shape index (κ2) is 5.92. The van der Waals surface area contributed by atoms with Crippen molar-refractivity contribution in [3.63, 3.8) is 0 Å². The summed E-state index contributed by atoms with van der Waals surface area (Å²) >= 11 is 0. The number of carboxylic acids is 1. The second-order valence-corrected chi connectivity index (χ2v) is 12.0. The standard InChI is InChI=1S/C15H19FN2O3Si/c1-22(2,3)8-12(15(20)21)18-14(19)11-7-9-5-4-6-10(16)13(9)17-11/h4-7,12,17H,8H2,1-3H3,(H,18,19)(H,20,21)/t12-/m0/s1. The van der Waals surface area contributed by atoms with E-state index in [1.165, 1.54) is 12.1 Å². The van der Waals surface area contributed by atoms with Gasteiger partial charge in [0.1, 0.15) is 17.6 Å². The minimum absolute atomic E-state index is 0.155. The highest BCUT2D eigenvalue weighted by Gasteiger charge is 2.28. The van der Waals surface area contributed by atoms with Gasteiger partial charge in [-0.05, 0) is 18.2 Å². The zero-order valence-corrected chi connectivity index (χ0v) is 13.7. The average Bonchev–Trinajstić information content (AvgIpc) is 2.81. The molecule has 2 rings (SSSR count). The van der Waals surface area contributed by atoms with Crippen molar-refractivity contribution in [3.8, 4) is 0 Å². The van der Waals surface area contributed by atoms with Gasteiger partial charge in [0.25, 0.3) is 5.91 Å². The highest BCUT2D eigenvalue weighted by molar-refractivity contribution is 6.76. The molecule has 5 nitrogen and oxygen atoms in total. The van der Waals surface area contributed by atoms with Crippen LogP contribution in [0.2, 0.25) is 25.7 Å². The number of hydrogen-bond donors (Lipinski definition) is 3. The van der Waals surface area contributed by atoms with E-state index in [0.717, 1.165) is 0 Å². The highest BCUT2D eigenvalue weighted by Crippen LogP contribution is 2.19. The Bertz CT molecular complexity index is 721. The number of aromatic amines is 1. The van der Waals surface area contributed by atoms with E-state index < -0.39 is 31.8 Å². The average molecular weight is 322 g/mol. The molecule has 1 aromatic heterocycles. The second-order valence-electron chi connectivity index (χ2n) is 6.52. The maximum atomic E-state index is 13.6. The number of para-hydroxylation sites is 1. The highest BCUT2D eigenvalue weighted by atomic mass is 28.3. The molecule has 22 heavy (non-hydrogen) atoms. The summed E-state index contributed by atoms with van der Waals surface area (Å²) in [6, 6.07) is 5.55. The van der Waals surface area contributed by atoms with E-state index in [1.54, 1.807) is 12.1 Å². The van der Waals surface area contributed by atoms with Crippen molar-refractivity contribution in [1.29, 1.82) is 0 Å². The molecule has 0 bridgehead atoms. The number of amides is 1. The van der Waals surface area contributed by atoms with Crippen molar-refractivity contribution in [2.75, 3.05) is 0 Å². The minimum Gasteiger partial charge on any atom is -0.480 e. The summed E-state index contributed by atoms with van der Waals surface area (Å²) in [7, 11) is -1.66. The first-order valence-corrected chi connectivity index (χ1v) is 10.7. The molecule has 0 aliphatic carbocycles. The molecule has 3 N–H and O–H groups in total. The maximum absolute atomic E-state index is 13.6. The monoisotopic (exact) mass is 322 g/mol. The molecule has 118 valence electrons. The van der Waals surface area contributed by atoms with Gasteiger partial charge < -0.3 is 15.4 Å². The van der Waals surface area contributed by atoms with E-state index in [-0.39, 0.29) is 11.2 Å². The number of hydrogen-bond acceptors (Lipinski definition) is 2. The SMILES string of the molecule is C[Si](C)(C)C[C@H](NC(=O)c1cc2cccc(F)c2[nH]1)C(=O)O. The lowest BCUT2D eigenvalue weighted by Gasteiger charge is -2.22. The van der Waals surface area contributed by atoms with Crippen LogP contribution in [0.4, 0.5) is 4.39 Å². The van der Waals surface area contributed by atoms with Crippen LogP contribution in [0, 0.1) is 5.82 Å². The normalized spacial score (nSPS) is 13.1. The van der Waals surface area contributed by atoms with Crippen molar-refractivity contribution in [2.24, 2.45) is 0 Å². The van der Waals surface area contributed by atoms with Crippen molar-refractivity contribution in [2.45, 2.75) is 31.7 Å². The molecule has 0 radical (unpaired) electrons. The summed E-state index contributed by atoms with van der Waals surface area (Å²) in [5.74, 6) is -2.05.